The Kier molecular flexibility index (Phi) is 6.30. The smallest absolute Gasteiger partial charge is 0.138 e. The molecule has 1 N–H and O–H groups in total. The lowest BCUT2D eigenvalue weighted by molar-refractivity contribution is 0.660. The van der Waals surface area contributed by atoms with Gasteiger partial charge in [0.2, 0.25) is 0 Å². The van der Waals surface area contributed by atoms with Crippen LogP contribution in [0.15, 0.2) is 41.4 Å². The second-order valence-corrected chi connectivity index (χ2v) is 5.78. The SMILES string of the molecule is CCCNCc1ccnc(CSc2ccccc2Cl)n1. The van der Waals surface area contributed by atoms with E-state index in [0.717, 1.165) is 46.7 Å². The summed E-state index contributed by atoms with van der Waals surface area (Å²) in [6.07, 6.45) is 2.94. The Morgan fingerprint density at radius 2 is 2.10 bits per heavy atom. The Bertz CT molecular complexity index is 548. The maximum absolute atomic E-state index is 6.13. The van der Waals surface area contributed by atoms with E-state index < -0.39 is 0 Å². The molecule has 2 rings (SSSR count). The first-order chi connectivity index (χ1) is 9.79. The number of benzene rings is 1. The standard InChI is InChI=1S/C15H18ClN3S/c1-2-8-17-10-12-7-9-18-15(19-12)11-20-14-6-4-3-5-13(14)16/h3-7,9,17H,2,8,10-11H2,1H3. The summed E-state index contributed by atoms with van der Waals surface area (Å²) in [7, 11) is 0. The van der Waals surface area contributed by atoms with E-state index in [9.17, 15) is 0 Å². The van der Waals surface area contributed by atoms with Crippen LogP contribution in [0, 0.1) is 0 Å². The average molecular weight is 308 g/mol. The number of thioether (sulfide) groups is 1. The Labute approximate surface area is 129 Å². The maximum Gasteiger partial charge on any atom is 0.138 e. The molecular formula is C15H18ClN3S. The molecule has 0 radical (unpaired) electrons. The number of rotatable bonds is 7. The van der Waals surface area contributed by atoms with E-state index in [1.54, 1.807) is 11.8 Å². The van der Waals surface area contributed by atoms with Crippen molar-refractivity contribution in [2.75, 3.05) is 6.54 Å². The van der Waals surface area contributed by atoms with Crippen LogP contribution in [0.3, 0.4) is 0 Å². The highest BCUT2D eigenvalue weighted by Crippen LogP contribution is 2.28. The van der Waals surface area contributed by atoms with Crippen molar-refractivity contribution in [1.29, 1.82) is 0 Å². The third-order valence-electron chi connectivity index (χ3n) is 2.69. The molecule has 1 aromatic carbocycles. The molecular weight excluding hydrogens is 290 g/mol. The Morgan fingerprint density at radius 1 is 1.25 bits per heavy atom. The zero-order chi connectivity index (χ0) is 14.2. The number of nitrogens with zero attached hydrogens (tertiary/aromatic N) is 2. The molecule has 20 heavy (non-hydrogen) atoms. The average Bonchev–Trinajstić information content (AvgIpc) is 2.47. The van der Waals surface area contributed by atoms with Gasteiger partial charge in [0.05, 0.1) is 16.5 Å². The van der Waals surface area contributed by atoms with E-state index in [2.05, 4.69) is 22.2 Å². The fourth-order valence-electron chi connectivity index (χ4n) is 1.71. The van der Waals surface area contributed by atoms with Crippen molar-refractivity contribution in [2.45, 2.75) is 30.5 Å². The molecule has 0 saturated heterocycles. The fraction of sp³-hybridized carbons (Fsp3) is 0.333. The highest BCUT2D eigenvalue weighted by molar-refractivity contribution is 7.98. The molecule has 1 heterocycles. The Morgan fingerprint density at radius 3 is 2.90 bits per heavy atom. The molecule has 0 fully saturated rings. The van der Waals surface area contributed by atoms with E-state index in [0.29, 0.717) is 0 Å². The summed E-state index contributed by atoms with van der Waals surface area (Å²) >= 11 is 7.79. The summed E-state index contributed by atoms with van der Waals surface area (Å²) in [5.74, 6) is 1.57. The molecule has 0 aliphatic carbocycles. The summed E-state index contributed by atoms with van der Waals surface area (Å²) < 4.78 is 0. The molecule has 5 heteroatoms. The van der Waals surface area contributed by atoms with E-state index in [-0.39, 0.29) is 0 Å². The minimum Gasteiger partial charge on any atom is -0.311 e. The molecule has 1 aromatic heterocycles. The van der Waals surface area contributed by atoms with Gasteiger partial charge < -0.3 is 5.32 Å². The van der Waals surface area contributed by atoms with Gasteiger partial charge in [0.1, 0.15) is 5.82 Å². The topological polar surface area (TPSA) is 37.8 Å². The minimum atomic E-state index is 0.728. The molecule has 0 saturated carbocycles. The first-order valence-electron chi connectivity index (χ1n) is 6.68. The molecule has 106 valence electrons. The van der Waals surface area contributed by atoms with Crippen LogP contribution in [0.1, 0.15) is 24.9 Å². The Hall–Kier alpha value is -1.10. The lowest BCUT2D eigenvalue weighted by atomic mass is 10.4. The van der Waals surface area contributed by atoms with Gasteiger partial charge in [-0.2, -0.15) is 0 Å². The lowest BCUT2D eigenvalue weighted by Crippen LogP contribution is -2.15. The summed E-state index contributed by atoms with van der Waals surface area (Å²) in [5.41, 5.74) is 1.03. The van der Waals surface area contributed by atoms with Gasteiger partial charge in [0.25, 0.3) is 0 Å². The van der Waals surface area contributed by atoms with Crippen LogP contribution in [0.2, 0.25) is 5.02 Å². The monoisotopic (exact) mass is 307 g/mol. The third-order valence-corrected chi connectivity index (χ3v) is 4.20. The van der Waals surface area contributed by atoms with Gasteiger partial charge in [-0.15, -0.1) is 11.8 Å². The van der Waals surface area contributed by atoms with Crippen LogP contribution < -0.4 is 5.32 Å². The van der Waals surface area contributed by atoms with Gasteiger partial charge in [-0.1, -0.05) is 30.7 Å². The predicted octanol–water partition coefficient (Wildman–Crippen LogP) is 3.92. The quantitative estimate of drug-likeness (QED) is 0.621. The summed E-state index contributed by atoms with van der Waals surface area (Å²) in [5, 5.41) is 4.12. The minimum absolute atomic E-state index is 0.728. The first kappa shape index (κ1) is 15.3. The van der Waals surface area contributed by atoms with E-state index in [1.807, 2.05) is 36.5 Å². The van der Waals surface area contributed by atoms with Crippen molar-refractivity contribution in [3.8, 4) is 0 Å². The molecule has 3 nitrogen and oxygen atoms in total. The second kappa shape index (κ2) is 8.25. The normalized spacial score (nSPS) is 10.7. The molecule has 0 unspecified atom stereocenters. The van der Waals surface area contributed by atoms with Crippen molar-refractivity contribution in [3.05, 3.63) is 53.1 Å². The van der Waals surface area contributed by atoms with Gasteiger partial charge >= 0.3 is 0 Å². The van der Waals surface area contributed by atoms with Crippen LogP contribution in [-0.2, 0) is 12.3 Å². The number of halogens is 1. The second-order valence-electron chi connectivity index (χ2n) is 4.36. The first-order valence-corrected chi connectivity index (χ1v) is 8.05. The largest absolute Gasteiger partial charge is 0.311 e. The van der Waals surface area contributed by atoms with Crippen LogP contribution in [0.4, 0.5) is 0 Å². The number of aromatic nitrogens is 2. The number of nitrogens with one attached hydrogen (secondary N) is 1. The summed E-state index contributed by atoms with van der Waals surface area (Å²) in [4.78, 5) is 9.92. The van der Waals surface area contributed by atoms with Crippen molar-refractivity contribution in [1.82, 2.24) is 15.3 Å². The highest BCUT2D eigenvalue weighted by Gasteiger charge is 2.03. The third kappa shape index (κ3) is 4.78. The zero-order valence-electron chi connectivity index (χ0n) is 11.5. The van der Waals surface area contributed by atoms with Gasteiger partial charge in [-0.05, 0) is 31.2 Å². The Balaban J connectivity index is 1.93. The van der Waals surface area contributed by atoms with Crippen molar-refractivity contribution >= 4 is 23.4 Å². The molecule has 2 aromatic rings. The van der Waals surface area contributed by atoms with Gasteiger partial charge in [0, 0.05) is 17.6 Å². The van der Waals surface area contributed by atoms with Crippen LogP contribution in [-0.4, -0.2) is 16.5 Å². The lowest BCUT2D eigenvalue weighted by Gasteiger charge is -2.06. The predicted molar refractivity (Wildman–Crippen MR) is 85.0 cm³/mol. The number of hydrogen-bond acceptors (Lipinski definition) is 4. The van der Waals surface area contributed by atoms with Gasteiger partial charge in [0.15, 0.2) is 0 Å². The van der Waals surface area contributed by atoms with Crippen molar-refractivity contribution < 1.29 is 0 Å². The maximum atomic E-state index is 6.13. The van der Waals surface area contributed by atoms with Crippen LogP contribution >= 0.6 is 23.4 Å². The fourth-order valence-corrected chi connectivity index (χ4v) is 2.81. The van der Waals surface area contributed by atoms with Crippen LogP contribution in [0.5, 0.6) is 0 Å². The molecule has 0 amide bonds. The van der Waals surface area contributed by atoms with E-state index >= 15 is 0 Å². The van der Waals surface area contributed by atoms with Gasteiger partial charge in [-0.3, -0.25) is 0 Å². The van der Waals surface area contributed by atoms with Crippen LogP contribution in [0.25, 0.3) is 0 Å². The number of hydrogen-bond donors (Lipinski definition) is 1. The van der Waals surface area contributed by atoms with Crippen molar-refractivity contribution in [3.63, 3.8) is 0 Å². The van der Waals surface area contributed by atoms with E-state index in [4.69, 9.17) is 11.6 Å². The molecule has 0 bridgehead atoms. The van der Waals surface area contributed by atoms with Gasteiger partial charge in [-0.25, -0.2) is 9.97 Å². The molecule has 0 spiro atoms. The van der Waals surface area contributed by atoms with Crippen molar-refractivity contribution in [2.24, 2.45) is 0 Å². The highest BCUT2D eigenvalue weighted by atomic mass is 35.5. The summed E-state index contributed by atoms with van der Waals surface area (Å²) in [6.45, 7) is 3.95. The molecule has 0 aliphatic heterocycles. The molecule has 0 aliphatic rings. The zero-order valence-corrected chi connectivity index (χ0v) is 13.0. The molecule has 0 atom stereocenters. The van der Waals surface area contributed by atoms with E-state index in [1.165, 1.54) is 0 Å². The summed E-state index contributed by atoms with van der Waals surface area (Å²) in [6, 6.07) is 9.78.